The Hall–Kier alpha value is -3.74. The molecule has 3 heterocycles. The minimum Gasteiger partial charge on any atom is -0.336 e. The van der Waals surface area contributed by atoms with Gasteiger partial charge in [0.2, 0.25) is 0 Å². The van der Waals surface area contributed by atoms with Crippen LogP contribution >= 0.6 is 0 Å². The normalized spacial score (nSPS) is 16.2. The van der Waals surface area contributed by atoms with Crippen LogP contribution in [0.15, 0.2) is 73.1 Å². The van der Waals surface area contributed by atoms with E-state index < -0.39 is 0 Å². The number of carbonyl (C=O) groups excluding carboxylic acids is 1. The van der Waals surface area contributed by atoms with Crippen molar-refractivity contribution in [3.8, 4) is 16.9 Å². The lowest BCUT2D eigenvalue weighted by atomic mass is 10.2. The summed E-state index contributed by atoms with van der Waals surface area (Å²) in [7, 11) is 0. The maximum atomic E-state index is 13.1. The number of hydrogen-bond donors (Lipinski definition) is 0. The summed E-state index contributed by atoms with van der Waals surface area (Å²) < 4.78 is 3.69. The van der Waals surface area contributed by atoms with Crippen LogP contribution in [0.1, 0.15) is 28.5 Å². The molecule has 30 heavy (non-hydrogen) atoms. The van der Waals surface area contributed by atoms with Crippen LogP contribution in [0.4, 0.5) is 0 Å². The highest BCUT2D eigenvalue weighted by Gasteiger charge is 2.30. The summed E-state index contributed by atoms with van der Waals surface area (Å²) in [6.07, 6.45) is 4.49. The zero-order valence-corrected chi connectivity index (χ0v) is 16.7. The number of likely N-dealkylation sites (tertiary alicyclic amines) is 1. The summed E-state index contributed by atoms with van der Waals surface area (Å²) in [5.41, 5.74) is 4.33. The summed E-state index contributed by atoms with van der Waals surface area (Å²) in [4.78, 5) is 15.0. The molecule has 2 aromatic carbocycles. The topological polar surface area (TPSA) is 68.8 Å². The lowest BCUT2D eigenvalue weighted by Crippen LogP contribution is -2.29. The Bertz CT molecular complexity index is 1160. The predicted octanol–water partition coefficient (Wildman–Crippen LogP) is 3.53. The molecule has 7 nitrogen and oxygen atoms in total. The van der Waals surface area contributed by atoms with Gasteiger partial charge in [-0.05, 0) is 25.5 Å². The number of benzene rings is 2. The zero-order valence-electron chi connectivity index (χ0n) is 16.7. The summed E-state index contributed by atoms with van der Waals surface area (Å²) in [5.74, 6) is 0.0144. The Kier molecular flexibility index (Phi) is 4.63. The molecule has 1 saturated heterocycles. The number of carbonyl (C=O) groups is 1. The first-order chi connectivity index (χ1) is 14.7. The van der Waals surface area contributed by atoms with Gasteiger partial charge in [0.15, 0.2) is 0 Å². The highest BCUT2D eigenvalue weighted by atomic mass is 16.2. The van der Waals surface area contributed by atoms with Crippen LogP contribution in [0.3, 0.4) is 0 Å². The lowest BCUT2D eigenvalue weighted by molar-refractivity contribution is 0.0786. The predicted molar refractivity (Wildman–Crippen MR) is 113 cm³/mol. The molecule has 0 spiro atoms. The van der Waals surface area contributed by atoms with Crippen molar-refractivity contribution >= 4 is 5.91 Å². The summed E-state index contributed by atoms with van der Waals surface area (Å²) in [6, 6.07) is 20.0. The second kappa shape index (κ2) is 7.59. The van der Waals surface area contributed by atoms with E-state index in [1.807, 2.05) is 88.0 Å². The van der Waals surface area contributed by atoms with Gasteiger partial charge in [0.1, 0.15) is 5.69 Å². The maximum absolute atomic E-state index is 13.1. The number of aromatic nitrogens is 5. The van der Waals surface area contributed by atoms with Crippen molar-refractivity contribution in [3.05, 3.63) is 84.3 Å². The van der Waals surface area contributed by atoms with Crippen LogP contribution in [0.2, 0.25) is 0 Å². The van der Waals surface area contributed by atoms with Crippen molar-refractivity contribution in [1.82, 2.24) is 29.7 Å². The van der Waals surface area contributed by atoms with Crippen molar-refractivity contribution in [2.24, 2.45) is 0 Å². The maximum Gasteiger partial charge on any atom is 0.257 e. The van der Waals surface area contributed by atoms with E-state index in [2.05, 4.69) is 15.4 Å². The standard InChI is InChI=1S/C23H22N6O/c1-17-21(14-24-29(17)19-10-6-3-7-11-19)23(30)27-13-12-20(15-27)28-16-22(25-26-28)18-8-4-2-5-9-18/h2-11,14,16,20H,12-13,15H2,1H3. The fourth-order valence-electron chi connectivity index (χ4n) is 3.96. The first-order valence-corrected chi connectivity index (χ1v) is 10.1. The largest absolute Gasteiger partial charge is 0.336 e. The molecule has 0 N–H and O–H groups in total. The van der Waals surface area contributed by atoms with E-state index in [1.54, 1.807) is 6.20 Å². The Morgan fingerprint density at radius 1 is 1.03 bits per heavy atom. The van der Waals surface area contributed by atoms with Crippen LogP contribution in [0, 0.1) is 6.92 Å². The molecule has 4 aromatic rings. The first kappa shape index (κ1) is 18.3. The van der Waals surface area contributed by atoms with Crippen molar-refractivity contribution in [2.75, 3.05) is 13.1 Å². The second-order valence-electron chi connectivity index (χ2n) is 7.53. The monoisotopic (exact) mass is 398 g/mol. The molecule has 0 aliphatic carbocycles. The Morgan fingerprint density at radius 3 is 2.53 bits per heavy atom. The molecule has 7 heteroatoms. The molecule has 0 bridgehead atoms. The smallest absolute Gasteiger partial charge is 0.257 e. The van der Waals surface area contributed by atoms with Gasteiger partial charge in [0.05, 0.1) is 35.4 Å². The van der Waals surface area contributed by atoms with Crippen molar-refractivity contribution in [1.29, 1.82) is 0 Å². The van der Waals surface area contributed by atoms with Gasteiger partial charge in [-0.25, -0.2) is 9.36 Å². The van der Waals surface area contributed by atoms with Crippen molar-refractivity contribution in [2.45, 2.75) is 19.4 Å². The Labute approximate surface area is 174 Å². The first-order valence-electron chi connectivity index (χ1n) is 10.1. The number of amides is 1. The zero-order chi connectivity index (χ0) is 20.5. The number of hydrogen-bond acceptors (Lipinski definition) is 4. The van der Waals surface area contributed by atoms with E-state index in [9.17, 15) is 4.79 Å². The number of nitrogens with zero attached hydrogens (tertiary/aromatic N) is 6. The van der Waals surface area contributed by atoms with Crippen molar-refractivity contribution < 1.29 is 4.79 Å². The van der Waals surface area contributed by atoms with Crippen molar-refractivity contribution in [3.63, 3.8) is 0 Å². The number of para-hydroxylation sites is 1. The Morgan fingerprint density at radius 2 is 1.77 bits per heavy atom. The Balaban J connectivity index is 1.31. The average Bonchev–Trinajstić information content (AvgIpc) is 3.54. The van der Waals surface area contributed by atoms with Crippen LogP contribution in [-0.4, -0.2) is 48.7 Å². The molecule has 1 unspecified atom stereocenters. The van der Waals surface area contributed by atoms with Gasteiger partial charge < -0.3 is 4.90 Å². The van der Waals surface area contributed by atoms with Gasteiger partial charge >= 0.3 is 0 Å². The third kappa shape index (κ3) is 3.28. The fraction of sp³-hybridized carbons (Fsp3) is 0.217. The van der Waals surface area contributed by atoms with E-state index in [4.69, 9.17) is 0 Å². The molecule has 0 saturated carbocycles. The highest BCUT2D eigenvalue weighted by Crippen LogP contribution is 2.25. The van der Waals surface area contributed by atoms with E-state index >= 15 is 0 Å². The van der Waals surface area contributed by atoms with Gasteiger partial charge in [-0.1, -0.05) is 53.7 Å². The highest BCUT2D eigenvalue weighted by molar-refractivity contribution is 5.95. The van der Waals surface area contributed by atoms with Gasteiger partial charge in [-0.15, -0.1) is 5.10 Å². The van der Waals surface area contributed by atoms with Gasteiger partial charge in [-0.3, -0.25) is 4.79 Å². The molecule has 5 rings (SSSR count). The molecule has 1 fully saturated rings. The van der Waals surface area contributed by atoms with E-state index in [0.29, 0.717) is 18.7 Å². The molecule has 150 valence electrons. The molecule has 1 aliphatic heterocycles. The molecule has 1 aliphatic rings. The molecule has 2 aromatic heterocycles. The average molecular weight is 398 g/mol. The summed E-state index contributed by atoms with van der Waals surface area (Å²) in [5, 5.41) is 13.1. The quantitative estimate of drug-likeness (QED) is 0.527. The number of rotatable bonds is 4. The molecular weight excluding hydrogens is 376 g/mol. The minimum absolute atomic E-state index is 0.0144. The molecule has 0 radical (unpaired) electrons. The van der Waals surface area contributed by atoms with Gasteiger partial charge in [0, 0.05) is 18.7 Å². The third-order valence-corrected chi connectivity index (χ3v) is 5.65. The second-order valence-corrected chi connectivity index (χ2v) is 7.53. The van der Waals surface area contributed by atoms with Crippen LogP contribution in [0.5, 0.6) is 0 Å². The fourth-order valence-corrected chi connectivity index (χ4v) is 3.96. The van der Waals surface area contributed by atoms with Crippen LogP contribution in [0.25, 0.3) is 16.9 Å². The van der Waals surface area contributed by atoms with E-state index in [0.717, 1.165) is 29.1 Å². The third-order valence-electron chi connectivity index (χ3n) is 5.65. The molecule has 1 amide bonds. The molecule has 1 atom stereocenters. The van der Waals surface area contributed by atoms with Crippen LogP contribution in [-0.2, 0) is 0 Å². The van der Waals surface area contributed by atoms with Crippen LogP contribution < -0.4 is 0 Å². The summed E-state index contributed by atoms with van der Waals surface area (Å²) >= 11 is 0. The molecular formula is C23H22N6O. The lowest BCUT2D eigenvalue weighted by Gasteiger charge is -2.16. The summed E-state index contributed by atoms with van der Waals surface area (Å²) in [6.45, 7) is 3.25. The van der Waals surface area contributed by atoms with E-state index in [1.165, 1.54) is 0 Å². The minimum atomic E-state index is 0.0144. The van der Waals surface area contributed by atoms with Gasteiger partial charge in [-0.2, -0.15) is 5.10 Å². The SMILES string of the molecule is Cc1c(C(=O)N2CCC(n3cc(-c4ccccc4)nn3)C2)cnn1-c1ccccc1. The van der Waals surface area contributed by atoms with E-state index in [-0.39, 0.29) is 11.9 Å². The van der Waals surface area contributed by atoms with Gasteiger partial charge in [0.25, 0.3) is 5.91 Å².